The summed E-state index contributed by atoms with van der Waals surface area (Å²) in [5, 5.41) is 4.68. The monoisotopic (exact) mass is 341 g/mol. The molecule has 0 atom stereocenters. The highest BCUT2D eigenvalue weighted by atomic mass is 35.5. The van der Waals surface area contributed by atoms with E-state index in [1.165, 1.54) is 9.25 Å². The van der Waals surface area contributed by atoms with Crippen molar-refractivity contribution in [2.45, 2.75) is 59.2 Å². The highest BCUT2D eigenvalue weighted by molar-refractivity contribution is 6.17. The third-order valence-corrected chi connectivity index (χ3v) is 4.05. The van der Waals surface area contributed by atoms with Crippen LogP contribution >= 0.6 is 11.6 Å². The van der Waals surface area contributed by atoms with Gasteiger partial charge in [-0.25, -0.2) is 9.48 Å². The van der Waals surface area contributed by atoms with Crippen LogP contribution in [0.25, 0.3) is 11.0 Å². The van der Waals surface area contributed by atoms with Crippen molar-refractivity contribution in [3.63, 3.8) is 0 Å². The number of alkyl halides is 1. The zero-order valence-corrected chi connectivity index (χ0v) is 14.5. The Hall–Kier alpha value is -1.76. The summed E-state index contributed by atoms with van der Waals surface area (Å²) in [6.45, 7) is 5.34. The first-order valence-electron chi connectivity index (χ1n) is 8.12. The number of hydrogen-bond acceptors (Lipinski definition) is 4. The number of halogens is 1. The topological polar surface area (TPSA) is 87.8 Å². The summed E-state index contributed by atoms with van der Waals surface area (Å²) in [6, 6.07) is 0. The van der Waals surface area contributed by atoms with Crippen LogP contribution in [0.1, 0.15) is 39.5 Å². The lowest BCUT2D eigenvalue weighted by molar-refractivity contribution is 0.532. The number of unbranched alkanes of at least 4 members (excludes halogenated alkanes) is 2. The summed E-state index contributed by atoms with van der Waals surface area (Å²) >= 11 is 5.76. The molecule has 0 aliphatic carbocycles. The maximum absolute atomic E-state index is 12.7. The quantitative estimate of drug-likeness (QED) is 0.585. The second-order valence-electron chi connectivity index (χ2n) is 5.59. The molecule has 128 valence electrons. The third-order valence-electron chi connectivity index (χ3n) is 3.88. The molecule has 0 aliphatic heterocycles. The van der Waals surface area contributed by atoms with Crippen molar-refractivity contribution in [1.29, 1.82) is 0 Å². The lowest BCUT2D eigenvalue weighted by atomic mass is 10.2. The number of nitrogens with zero attached hydrogens (tertiary/aromatic N) is 4. The van der Waals surface area contributed by atoms with Crippen LogP contribution in [0.4, 0.5) is 5.82 Å². The third kappa shape index (κ3) is 3.29. The molecular formula is C15H24ClN5O2. The fourth-order valence-electron chi connectivity index (χ4n) is 2.71. The summed E-state index contributed by atoms with van der Waals surface area (Å²) in [7, 11) is 0. The molecule has 0 spiro atoms. The Kier molecular flexibility index (Phi) is 5.87. The van der Waals surface area contributed by atoms with Gasteiger partial charge in [-0.3, -0.25) is 13.9 Å². The Balaban J connectivity index is 2.71. The van der Waals surface area contributed by atoms with Gasteiger partial charge in [-0.15, -0.1) is 11.6 Å². The van der Waals surface area contributed by atoms with Gasteiger partial charge < -0.3 is 5.73 Å². The van der Waals surface area contributed by atoms with Crippen LogP contribution < -0.4 is 17.0 Å². The predicted octanol–water partition coefficient (Wildman–Crippen LogP) is 1.78. The highest BCUT2D eigenvalue weighted by Gasteiger charge is 2.20. The van der Waals surface area contributed by atoms with Gasteiger partial charge in [0.15, 0.2) is 5.65 Å². The van der Waals surface area contributed by atoms with Crippen molar-refractivity contribution in [3.8, 4) is 0 Å². The first-order valence-corrected chi connectivity index (χ1v) is 8.65. The Morgan fingerprint density at radius 2 is 1.78 bits per heavy atom. The smallest absolute Gasteiger partial charge is 0.332 e. The second-order valence-corrected chi connectivity index (χ2v) is 5.97. The average molecular weight is 342 g/mol. The molecule has 0 bridgehead atoms. The first-order chi connectivity index (χ1) is 11.1. The number of aryl methyl sites for hydroxylation is 2. The van der Waals surface area contributed by atoms with Crippen LogP contribution in [0.5, 0.6) is 0 Å². The molecule has 0 radical (unpaired) electrons. The SMILES string of the molecule is CCCCCn1c(=O)n(CCC)c(=O)c2c(N)n(CCCl)nc21. The van der Waals surface area contributed by atoms with E-state index in [4.69, 9.17) is 17.3 Å². The number of nitrogen functional groups attached to an aromatic ring is 1. The fourth-order valence-corrected chi connectivity index (χ4v) is 2.87. The Labute approximate surface area is 139 Å². The van der Waals surface area contributed by atoms with Gasteiger partial charge >= 0.3 is 5.69 Å². The zero-order chi connectivity index (χ0) is 17.0. The lowest BCUT2D eigenvalue weighted by Crippen LogP contribution is -2.40. The molecule has 0 saturated heterocycles. The fraction of sp³-hybridized carbons (Fsp3) is 0.667. The van der Waals surface area contributed by atoms with E-state index in [0.29, 0.717) is 43.0 Å². The molecule has 7 nitrogen and oxygen atoms in total. The molecule has 8 heteroatoms. The van der Waals surface area contributed by atoms with Crippen LogP contribution in [-0.2, 0) is 19.6 Å². The number of fused-ring (bicyclic) bond motifs is 1. The summed E-state index contributed by atoms with van der Waals surface area (Å²) in [4.78, 5) is 25.3. The molecule has 0 amide bonds. The number of hydrogen-bond donors (Lipinski definition) is 1. The van der Waals surface area contributed by atoms with E-state index in [0.717, 1.165) is 19.3 Å². The van der Waals surface area contributed by atoms with Crippen LogP contribution in [0.15, 0.2) is 9.59 Å². The maximum Gasteiger partial charge on any atom is 0.332 e. The van der Waals surface area contributed by atoms with E-state index in [1.807, 2.05) is 6.92 Å². The molecule has 0 unspecified atom stereocenters. The Morgan fingerprint density at radius 3 is 2.39 bits per heavy atom. The van der Waals surface area contributed by atoms with E-state index >= 15 is 0 Å². The van der Waals surface area contributed by atoms with Crippen molar-refractivity contribution >= 4 is 28.5 Å². The van der Waals surface area contributed by atoms with Crippen LogP contribution in [0.2, 0.25) is 0 Å². The van der Waals surface area contributed by atoms with Gasteiger partial charge in [0.05, 0.1) is 6.54 Å². The molecule has 0 aliphatic rings. The van der Waals surface area contributed by atoms with E-state index in [2.05, 4.69) is 12.0 Å². The van der Waals surface area contributed by atoms with Crippen molar-refractivity contribution < 1.29 is 0 Å². The summed E-state index contributed by atoms with van der Waals surface area (Å²) in [5.74, 6) is 0.612. The van der Waals surface area contributed by atoms with E-state index in [-0.39, 0.29) is 17.1 Å². The number of nitrogens with two attached hydrogens (primary N) is 1. The molecule has 0 fully saturated rings. The maximum atomic E-state index is 12.7. The molecule has 0 saturated carbocycles. The van der Waals surface area contributed by atoms with Gasteiger partial charge in [0, 0.05) is 19.0 Å². The summed E-state index contributed by atoms with van der Waals surface area (Å²) in [6.07, 6.45) is 3.62. The molecule has 2 N–H and O–H groups in total. The minimum Gasteiger partial charge on any atom is -0.383 e. The molecular weight excluding hydrogens is 318 g/mol. The number of anilines is 1. The largest absolute Gasteiger partial charge is 0.383 e. The average Bonchev–Trinajstić information content (AvgIpc) is 2.84. The van der Waals surface area contributed by atoms with Gasteiger partial charge in [-0.1, -0.05) is 26.7 Å². The van der Waals surface area contributed by atoms with Gasteiger partial charge in [0.25, 0.3) is 5.56 Å². The Morgan fingerprint density at radius 1 is 1.04 bits per heavy atom. The van der Waals surface area contributed by atoms with Crippen molar-refractivity contribution in [2.75, 3.05) is 11.6 Å². The normalized spacial score (nSPS) is 11.4. The second kappa shape index (κ2) is 7.68. The molecule has 23 heavy (non-hydrogen) atoms. The molecule has 2 aromatic heterocycles. The zero-order valence-electron chi connectivity index (χ0n) is 13.7. The van der Waals surface area contributed by atoms with Gasteiger partial charge in [0.1, 0.15) is 11.2 Å². The molecule has 2 heterocycles. The van der Waals surface area contributed by atoms with E-state index < -0.39 is 0 Å². The van der Waals surface area contributed by atoms with Crippen LogP contribution in [0, 0.1) is 0 Å². The van der Waals surface area contributed by atoms with E-state index in [1.54, 1.807) is 4.57 Å². The molecule has 2 rings (SSSR count). The van der Waals surface area contributed by atoms with Gasteiger partial charge in [-0.2, -0.15) is 5.10 Å². The van der Waals surface area contributed by atoms with E-state index in [9.17, 15) is 9.59 Å². The number of aromatic nitrogens is 4. The van der Waals surface area contributed by atoms with Gasteiger partial charge in [-0.05, 0) is 12.8 Å². The minimum absolute atomic E-state index is 0.278. The summed E-state index contributed by atoms with van der Waals surface area (Å²) < 4.78 is 4.34. The van der Waals surface area contributed by atoms with Crippen molar-refractivity contribution in [1.82, 2.24) is 18.9 Å². The van der Waals surface area contributed by atoms with Gasteiger partial charge in [0.2, 0.25) is 0 Å². The standard InChI is InChI=1S/C15H24ClN5O2/c1-3-5-6-9-19-13-11(12(17)21(18-13)10-7-16)14(22)20(8-4-2)15(19)23/h3-10,17H2,1-2H3. The Bertz CT molecular complexity index is 790. The van der Waals surface area contributed by atoms with Crippen LogP contribution in [0.3, 0.4) is 0 Å². The van der Waals surface area contributed by atoms with Crippen molar-refractivity contribution in [3.05, 3.63) is 20.8 Å². The van der Waals surface area contributed by atoms with Crippen molar-refractivity contribution in [2.24, 2.45) is 0 Å². The lowest BCUT2D eigenvalue weighted by Gasteiger charge is -2.10. The summed E-state index contributed by atoms with van der Waals surface area (Å²) in [5.41, 5.74) is 5.77. The number of rotatable bonds is 8. The van der Waals surface area contributed by atoms with Crippen LogP contribution in [-0.4, -0.2) is 24.8 Å². The predicted molar refractivity (Wildman–Crippen MR) is 93.2 cm³/mol. The molecule has 0 aromatic carbocycles. The first kappa shape index (κ1) is 17.6. The molecule has 2 aromatic rings. The highest BCUT2D eigenvalue weighted by Crippen LogP contribution is 2.16. The minimum atomic E-state index is -0.364.